The van der Waals surface area contributed by atoms with Crippen LogP contribution in [0.2, 0.25) is 0 Å². The van der Waals surface area contributed by atoms with E-state index in [4.69, 9.17) is 14.2 Å². The maximum absolute atomic E-state index is 5.82. The molecule has 29 heavy (non-hydrogen) atoms. The molecular weight excluding hydrogens is 366 g/mol. The summed E-state index contributed by atoms with van der Waals surface area (Å²) in [5, 5.41) is 11.2. The maximum atomic E-state index is 5.82. The Morgan fingerprint density at radius 2 is 1.69 bits per heavy atom. The van der Waals surface area contributed by atoms with Crippen molar-refractivity contribution >= 4 is 11.5 Å². The number of nitrogens with zero attached hydrogens (tertiary/aromatic N) is 1. The van der Waals surface area contributed by atoms with Crippen LogP contribution in [-0.4, -0.2) is 30.0 Å². The molecule has 0 spiro atoms. The fourth-order valence-corrected chi connectivity index (χ4v) is 3.88. The summed E-state index contributed by atoms with van der Waals surface area (Å²) in [6.07, 6.45) is 0. The summed E-state index contributed by atoms with van der Waals surface area (Å²) in [4.78, 5) is 0. The largest absolute Gasteiger partial charge is 0.494 e. The lowest BCUT2D eigenvalue weighted by Crippen LogP contribution is -2.01. The Kier molecular flexibility index (Phi) is 5.34. The lowest BCUT2D eigenvalue weighted by atomic mass is 9.99. The van der Waals surface area contributed by atoms with Crippen LogP contribution in [0, 0.1) is 0 Å². The van der Waals surface area contributed by atoms with Crippen LogP contribution in [0.3, 0.4) is 0 Å². The molecule has 1 atom stereocenters. The highest BCUT2D eigenvalue weighted by Gasteiger charge is 2.33. The van der Waals surface area contributed by atoms with Crippen molar-refractivity contribution in [3.05, 3.63) is 47.5 Å². The van der Waals surface area contributed by atoms with Crippen LogP contribution in [0.25, 0.3) is 11.3 Å². The highest BCUT2D eigenvalue weighted by molar-refractivity contribution is 5.83. The molecule has 0 aliphatic heterocycles. The number of H-pyrrole nitrogens is 1. The second-order valence-corrected chi connectivity index (χ2v) is 6.92. The third-order valence-electron chi connectivity index (χ3n) is 5.09. The molecule has 0 saturated carbocycles. The monoisotopic (exact) mass is 393 g/mol. The van der Waals surface area contributed by atoms with Gasteiger partial charge in [0.05, 0.1) is 25.5 Å². The van der Waals surface area contributed by atoms with Gasteiger partial charge >= 0.3 is 0 Å². The van der Waals surface area contributed by atoms with Crippen molar-refractivity contribution in [1.82, 2.24) is 10.2 Å². The highest BCUT2D eigenvalue weighted by Crippen LogP contribution is 2.50. The Bertz CT molecular complexity index is 1010. The van der Waals surface area contributed by atoms with Crippen LogP contribution in [0.5, 0.6) is 17.2 Å². The number of hydrogen-bond donors (Lipinski definition) is 2. The molecule has 0 radical (unpaired) electrons. The molecule has 1 aliphatic rings. The summed E-state index contributed by atoms with van der Waals surface area (Å²) in [6.45, 7) is 9.96. The molecule has 0 amide bonds. The van der Waals surface area contributed by atoms with E-state index in [0.717, 1.165) is 45.6 Å². The van der Waals surface area contributed by atoms with Gasteiger partial charge in [-0.1, -0.05) is 13.0 Å². The smallest absolute Gasteiger partial charge is 0.161 e. The van der Waals surface area contributed by atoms with Crippen LogP contribution in [-0.2, 0) is 0 Å². The van der Waals surface area contributed by atoms with Gasteiger partial charge in [-0.15, -0.1) is 0 Å². The van der Waals surface area contributed by atoms with Crippen molar-refractivity contribution in [3.63, 3.8) is 0 Å². The van der Waals surface area contributed by atoms with Crippen LogP contribution >= 0.6 is 0 Å². The van der Waals surface area contributed by atoms with Gasteiger partial charge in [0.1, 0.15) is 11.6 Å². The summed E-state index contributed by atoms with van der Waals surface area (Å²) in [6, 6.07) is 12.1. The predicted octanol–water partition coefficient (Wildman–Crippen LogP) is 5.48. The van der Waals surface area contributed by atoms with E-state index in [1.54, 1.807) is 0 Å². The zero-order valence-corrected chi connectivity index (χ0v) is 17.3. The topological polar surface area (TPSA) is 68.4 Å². The van der Waals surface area contributed by atoms with Crippen LogP contribution in [0.15, 0.2) is 36.4 Å². The van der Waals surface area contributed by atoms with Crippen molar-refractivity contribution in [3.8, 4) is 28.5 Å². The Morgan fingerprint density at radius 1 is 0.966 bits per heavy atom. The Hall–Kier alpha value is -3.15. The molecular formula is C23H27N3O3. The Morgan fingerprint density at radius 3 is 2.41 bits per heavy atom. The van der Waals surface area contributed by atoms with Gasteiger partial charge in [0, 0.05) is 28.8 Å². The molecule has 6 nitrogen and oxygen atoms in total. The van der Waals surface area contributed by atoms with Gasteiger partial charge in [-0.2, -0.15) is 5.10 Å². The number of benzene rings is 2. The molecule has 1 heterocycles. The lowest BCUT2D eigenvalue weighted by molar-refractivity contribution is 0.287. The Balaban J connectivity index is 1.69. The highest BCUT2D eigenvalue weighted by atomic mass is 16.5. The maximum Gasteiger partial charge on any atom is 0.161 e. The molecule has 2 aromatic carbocycles. The Labute approximate surface area is 171 Å². The van der Waals surface area contributed by atoms with Crippen molar-refractivity contribution in [2.75, 3.05) is 25.1 Å². The summed E-state index contributed by atoms with van der Waals surface area (Å²) >= 11 is 0. The number of ether oxygens (including phenoxy) is 3. The third kappa shape index (κ3) is 3.50. The summed E-state index contributed by atoms with van der Waals surface area (Å²) in [7, 11) is 0. The van der Waals surface area contributed by atoms with E-state index in [2.05, 4.69) is 28.5 Å². The van der Waals surface area contributed by atoms with Crippen LogP contribution in [0.4, 0.5) is 11.5 Å². The number of anilines is 2. The first kappa shape index (κ1) is 19.2. The molecule has 6 heteroatoms. The first-order valence-electron chi connectivity index (χ1n) is 10.2. The number of hydrogen-bond acceptors (Lipinski definition) is 5. The molecule has 0 saturated heterocycles. The second-order valence-electron chi connectivity index (χ2n) is 6.92. The van der Waals surface area contributed by atoms with Gasteiger partial charge in [-0.05, 0) is 50.6 Å². The van der Waals surface area contributed by atoms with E-state index < -0.39 is 0 Å². The van der Waals surface area contributed by atoms with E-state index in [-0.39, 0.29) is 5.92 Å². The van der Waals surface area contributed by atoms with Crippen LogP contribution in [0.1, 0.15) is 44.7 Å². The van der Waals surface area contributed by atoms with Gasteiger partial charge in [0.2, 0.25) is 0 Å². The number of aromatic amines is 1. The van der Waals surface area contributed by atoms with Gasteiger partial charge in [-0.3, -0.25) is 5.10 Å². The zero-order valence-electron chi connectivity index (χ0n) is 17.3. The van der Waals surface area contributed by atoms with E-state index in [9.17, 15) is 0 Å². The third-order valence-corrected chi connectivity index (χ3v) is 5.09. The summed E-state index contributed by atoms with van der Waals surface area (Å²) < 4.78 is 17.2. The van der Waals surface area contributed by atoms with Gasteiger partial charge in [0.15, 0.2) is 11.5 Å². The van der Waals surface area contributed by atoms with Crippen molar-refractivity contribution < 1.29 is 14.2 Å². The minimum atomic E-state index is 0.186. The number of fused-ring (bicyclic) bond motifs is 3. The SMILES string of the molecule is CCOc1cccc(Nc2[nH]nc3c2C(C)c2cc(OCC)c(OCC)cc2-3)c1. The minimum absolute atomic E-state index is 0.186. The molecule has 0 fully saturated rings. The molecule has 1 unspecified atom stereocenters. The lowest BCUT2D eigenvalue weighted by Gasteiger charge is -2.15. The summed E-state index contributed by atoms with van der Waals surface area (Å²) in [5.74, 6) is 3.47. The number of aromatic nitrogens is 2. The molecule has 4 rings (SSSR count). The van der Waals surface area contributed by atoms with Crippen molar-refractivity contribution in [1.29, 1.82) is 0 Å². The van der Waals surface area contributed by atoms with E-state index in [0.29, 0.717) is 19.8 Å². The molecule has 152 valence electrons. The molecule has 2 N–H and O–H groups in total. The number of rotatable bonds is 8. The number of nitrogens with one attached hydrogen (secondary N) is 2. The molecule has 0 bridgehead atoms. The van der Waals surface area contributed by atoms with Crippen molar-refractivity contribution in [2.45, 2.75) is 33.6 Å². The van der Waals surface area contributed by atoms with E-state index in [1.807, 2.05) is 51.1 Å². The van der Waals surface area contributed by atoms with Gasteiger partial charge in [0.25, 0.3) is 0 Å². The summed E-state index contributed by atoms with van der Waals surface area (Å²) in [5.41, 5.74) is 5.36. The first-order valence-corrected chi connectivity index (χ1v) is 10.2. The standard InChI is InChI=1S/C23H27N3O3/c1-5-27-16-10-8-9-15(11-16)24-23-21-14(4)17-12-19(28-6-2)20(29-7-3)13-18(17)22(21)25-26-23/h8-14H,5-7H2,1-4H3,(H2,24,25,26). The van der Waals surface area contributed by atoms with E-state index >= 15 is 0 Å². The van der Waals surface area contributed by atoms with Crippen molar-refractivity contribution in [2.24, 2.45) is 0 Å². The predicted molar refractivity (Wildman–Crippen MR) is 115 cm³/mol. The zero-order chi connectivity index (χ0) is 20.4. The second kappa shape index (κ2) is 8.07. The van der Waals surface area contributed by atoms with Gasteiger partial charge in [-0.25, -0.2) is 0 Å². The minimum Gasteiger partial charge on any atom is -0.494 e. The molecule has 1 aromatic heterocycles. The van der Waals surface area contributed by atoms with E-state index in [1.165, 1.54) is 5.56 Å². The van der Waals surface area contributed by atoms with Crippen LogP contribution < -0.4 is 19.5 Å². The fraction of sp³-hybridized carbons (Fsp3) is 0.348. The average Bonchev–Trinajstić information content (AvgIpc) is 3.23. The molecule has 3 aromatic rings. The quantitative estimate of drug-likeness (QED) is 0.530. The normalized spacial score (nSPS) is 14.3. The molecule has 1 aliphatic carbocycles. The average molecular weight is 393 g/mol. The first-order chi connectivity index (χ1) is 14.2. The fourth-order valence-electron chi connectivity index (χ4n) is 3.88. The van der Waals surface area contributed by atoms with Gasteiger partial charge < -0.3 is 19.5 Å².